The molecule has 0 bridgehead atoms. The molecule has 0 amide bonds. The third kappa shape index (κ3) is 3.34. The first-order chi connectivity index (χ1) is 7.86. The average Bonchev–Trinajstić information content (AvgIpc) is 2.33. The monoisotopic (exact) mass is 217 g/mol. The molecule has 0 spiro atoms. The Morgan fingerprint density at radius 3 is 2.81 bits per heavy atom. The van der Waals surface area contributed by atoms with Gasteiger partial charge in [-0.3, -0.25) is 0 Å². The largest absolute Gasteiger partial charge is 0.316 e. The molecule has 0 radical (unpaired) electrons. The van der Waals surface area contributed by atoms with E-state index in [-0.39, 0.29) is 0 Å². The molecular weight excluding hydrogens is 194 g/mol. The van der Waals surface area contributed by atoms with Gasteiger partial charge in [0.25, 0.3) is 0 Å². The van der Waals surface area contributed by atoms with Crippen LogP contribution in [0.15, 0.2) is 30.3 Å². The van der Waals surface area contributed by atoms with Gasteiger partial charge in [-0.2, -0.15) is 0 Å². The summed E-state index contributed by atoms with van der Waals surface area (Å²) in [5.41, 5.74) is 1.49. The molecule has 1 aliphatic heterocycles. The van der Waals surface area contributed by atoms with E-state index in [2.05, 4.69) is 42.6 Å². The van der Waals surface area contributed by atoms with E-state index >= 15 is 0 Å². The number of rotatable bonds is 4. The topological polar surface area (TPSA) is 12.0 Å². The molecule has 1 aliphatic rings. The molecule has 0 saturated carbocycles. The first kappa shape index (κ1) is 11.7. The van der Waals surface area contributed by atoms with E-state index in [1.54, 1.807) is 0 Å². The first-order valence-electron chi connectivity index (χ1n) is 6.61. The smallest absolute Gasteiger partial charge is 0.00205 e. The van der Waals surface area contributed by atoms with Crippen molar-refractivity contribution in [2.45, 2.75) is 32.6 Å². The van der Waals surface area contributed by atoms with Crippen LogP contribution in [-0.4, -0.2) is 13.1 Å². The standard InChI is InChI=1S/C15H23N/c1-13-12-16-11-10-15(13)9-5-8-14-6-3-2-4-7-14/h2-4,6-7,13,15-16H,5,8-12H2,1H3. The van der Waals surface area contributed by atoms with Crippen LogP contribution in [0.1, 0.15) is 31.7 Å². The fourth-order valence-electron chi connectivity index (χ4n) is 2.71. The summed E-state index contributed by atoms with van der Waals surface area (Å²) >= 11 is 0. The van der Waals surface area contributed by atoms with Crippen LogP contribution in [0, 0.1) is 11.8 Å². The highest BCUT2D eigenvalue weighted by atomic mass is 14.9. The molecule has 1 nitrogen and oxygen atoms in total. The van der Waals surface area contributed by atoms with Gasteiger partial charge in [0, 0.05) is 0 Å². The summed E-state index contributed by atoms with van der Waals surface area (Å²) in [5.74, 6) is 1.81. The Hall–Kier alpha value is -0.820. The lowest BCUT2D eigenvalue weighted by Crippen LogP contribution is -2.34. The zero-order chi connectivity index (χ0) is 11.2. The second-order valence-corrected chi connectivity index (χ2v) is 5.11. The van der Waals surface area contributed by atoms with Crippen LogP contribution in [-0.2, 0) is 6.42 Å². The normalized spacial score (nSPS) is 25.6. The molecule has 0 aliphatic carbocycles. The fourth-order valence-corrected chi connectivity index (χ4v) is 2.71. The van der Waals surface area contributed by atoms with Crippen molar-refractivity contribution in [3.8, 4) is 0 Å². The van der Waals surface area contributed by atoms with Gasteiger partial charge in [0.15, 0.2) is 0 Å². The number of benzene rings is 1. The van der Waals surface area contributed by atoms with Crippen LogP contribution in [0.5, 0.6) is 0 Å². The van der Waals surface area contributed by atoms with Gasteiger partial charge < -0.3 is 5.32 Å². The third-order valence-corrected chi connectivity index (χ3v) is 3.85. The highest BCUT2D eigenvalue weighted by molar-refractivity contribution is 5.14. The molecule has 1 N–H and O–H groups in total. The molecule has 2 rings (SSSR count). The lowest BCUT2D eigenvalue weighted by Gasteiger charge is -2.29. The number of piperidine rings is 1. The van der Waals surface area contributed by atoms with Gasteiger partial charge in [0.1, 0.15) is 0 Å². The van der Waals surface area contributed by atoms with E-state index in [9.17, 15) is 0 Å². The predicted octanol–water partition coefficient (Wildman–Crippen LogP) is 3.25. The van der Waals surface area contributed by atoms with Crippen molar-refractivity contribution in [2.75, 3.05) is 13.1 Å². The summed E-state index contributed by atoms with van der Waals surface area (Å²) in [6.07, 6.45) is 5.37. The summed E-state index contributed by atoms with van der Waals surface area (Å²) in [7, 11) is 0. The van der Waals surface area contributed by atoms with E-state index in [4.69, 9.17) is 0 Å². The molecule has 1 aromatic rings. The van der Waals surface area contributed by atoms with Gasteiger partial charge in [0.05, 0.1) is 0 Å². The van der Waals surface area contributed by atoms with Crippen molar-refractivity contribution < 1.29 is 0 Å². The summed E-state index contributed by atoms with van der Waals surface area (Å²) in [5, 5.41) is 3.47. The fraction of sp³-hybridized carbons (Fsp3) is 0.600. The molecule has 0 aromatic heterocycles. The quantitative estimate of drug-likeness (QED) is 0.816. The van der Waals surface area contributed by atoms with E-state index < -0.39 is 0 Å². The number of hydrogen-bond acceptors (Lipinski definition) is 1. The Morgan fingerprint density at radius 2 is 2.06 bits per heavy atom. The second kappa shape index (κ2) is 6.05. The molecule has 2 unspecified atom stereocenters. The summed E-state index contributed by atoms with van der Waals surface area (Å²) in [6, 6.07) is 10.9. The zero-order valence-electron chi connectivity index (χ0n) is 10.3. The lowest BCUT2D eigenvalue weighted by molar-refractivity contribution is 0.254. The molecule has 1 aromatic carbocycles. The van der Waals surface area contributed by atoms with Gasteiger partial charge >= 0.3 is 0 Å². The van der Waals surface area contributed by atoms with E-state index in [1.165, 1.54) is 44.3 Å². The summed E-state index contributed by atoms with van der Waals surface area (Å²) in [4.78, 5) is 0. The summed E-state index contributed by atoms with van der Waals surface area (Å²) < 4.78 is 0. The van der Waals surface area contributed by atoms with Gasteiger partial charge in [-0.25, -0.2) is 0 Å². The molecule has 16 heavy (non-hydrogen) atoms. The van der Waals surface area contributed by atoms with Crippen molar-refractivity contribution in [1.82, 2.24) is 5.32 Å². The Kier molecular flexibility index (Phi) is 4.41. The van der Waals surface area contributed by atoms with E-state index in [0.717, 1.165) is 11.8 Å². The van der Waals surface area contributed by atoms with Gasteiger partial charge in [-0.05, 0) is 56.2 Å². The van der Waals surface area contributed by atoms with Crippen molar-refractivity contribution in [2.24, 2.45) is 11.8 Å². The number of aryl methyl sites for hydroxylation is 1. The molecule has 1 heterocycles. The maximum Gasteiger partial charge on any atom is -0.00205 e. The minimum atomic E-state index is 0.865. The SMILES string of the molecule is CC1CNCCC1CCCc1ccccc1. The van der Waals surface area contributed by atoms with E-state index in [1.807, 2.05) is 0 Å². The minimum Gasteiger partial charge on any atom is -0.316 e. The number of nitrogens with one attached hydrogen (secondary N) is 1. The van der Waals surface area contributed by atoms with Crippen LogP contribution in [0.2, 0.25) is 0 Å². The molecule has 1 heteroatoms. The Bertz CT molecular complexity index is 294. The number of hydrogen-bond donors (Lipinski definition) is 1. The van der Waals surface area contributed by atoms with Gasteiger partial charge in [-0.1, -0.05) is 37.3 Å². The molecule has 1 fully saturated rings. The van der Waals surface area contributed by atoms with Crippen molar-refractivity contribution in [3.05, 3.63) is 35.9 Å². The maximum atomic E-state index is 3.47. The van der Waals surface area contributed by atoms with Crippen molar-refractivity contribution in [1.29, 1.82) is 0 Å². The highest BCUT2D eigenvalue weighted by Gasteiger charge is 2.19. The van der Waals surface area contributed by atoms with Crippen molar-refractivity contribution in [3.63, 3.8) is 0 Å². The Labute approximate surface area is 99.3 Å². The van der Waals surface area contributed by atoms with Crippen LogP contribution >= 0.6 is 0 Å². The Morgan fingerprint density at radius 1 is 1.25 bits per heavy atom. The molecule has 1 saturated heterocycles. The van der Waals surface area contributed by atoms with Crippen LogP contribution < -0.4 is 5.32 Å². The minimum absolute atomic E-state index is 0.865. The van der Waals surface area contributed by atoms with Gasteiger partial charge in [0.2, 0.25) is 0 Å². The molecule has 88 valence electrons. The zero-order valence-corrected chi connectivity index (χ0v) is 10.3. The summed E-state index contributed by atoms with van der Waals surface area (Å²) in [6.45, 7) is 4.83. The lowest BCUT2D eigenvalue weighted by atomic mass is 9.84. The van der Waals surface area contributed by atoms with Crippen LogP contribution in [0.3, 0.4) is 0 Å². The van der Waals surface area contributed by atoms with E-state index in [0.29, 0.717) is 0 Å². The second-order valence-electron chi connectivity index (χ2n) is 5.11. The van der Waals surface area contributed by atoms with Crippen LogP contribution in [0.25, 0.3) is 0 Å². The maximum absolute atomic E-state index is 3.47. The molecular formula is C15H23N. The van der Waals surface area contributed by atoms with Crippen molar-refractivity contribution >= 4 is 0 Å². The average molecular weight is 217 g/mol. The highest BCUT2D eigenvalue weighted by Crippen LogP contribution is 2.24. The molecule has 2 atom stereocenters. The van der Waals surface area contributed by atoms with Gasteiger partial charge in [-0.15, -0.1) is 0 Å². The predicted molar refractivity (Wildman–Crippen MR) is 69.5 cm³/mol. The third-order valence-electron chi connectivity index (χ3n) is 3.85. The first-order valence-corrected chi connectivity index (χ1v) is 6.61. The van der Waals surface area contributed by atoms with Crippen LogP contribution in [0.4, 0.5) is 0 Å². The Balaban J connectivity index is 1.71.